The highest BCUT2D eigenvalue weighted by Gasteiger charge is 2.18. The van der Waals surface area contributed by atoms with Crippen LogP contribution in [0.5, 0.6) is 11.5 Å². The van der Waals surface area contributed by atoms with Crippen LogP contribution in [-0.4, -0.2) is 20.0 Å². The number of carbonyl (C=O) groups is 1. The van der Waals surface area contributed by atoms with E-state index < -0.39 is 0 Å². The summed E-state index contributed by atoms with van der Waals surface area (Å²) in [6, 6.07) is 23.4. The summed E-state index contributed by atoms with van der Waals surface area (Å²) in [5.41, 5.74) is 3.98. The van der Waals surface area contributed by atoms with E-state index in [0.29, 0.717) is 17.9 Å². The van der Waals surface area contributed by atoms with E-state index in [1.165, 1.54) is 5.56 Å². The summed E-state index contributed by atoms with van der Waals surface area (Å²) in [6.07, 6.45) is 0.347. The van der Waals surface area contributed by atoms with Crippen LogP contribution in [0.25, 0.3) is 0 Å². The second-order valence-corrected chi connectivity index (χ2v) is 7.60. The fourth-order valence-electron chi connectivity index (χ4n) is 3.33. The van der Waals surface area contributed by atoms with Crippen LogP contribution in [0, 0.1) is 0 Å². The number of rotatable bonds is 9. The van der Waals surface area contributed by atoms with Gasteiger partial charge in [0.05, 0.1) is 20.3 Å². The van der Waals surface area contributed by atoms with Gasteiger partial charge in [-0.3, -0.25) is 4.79 Å². The van der Waals surface area contributed by atoms with E-state index in [4.69, 9.17) is 9.47 Å². The average Bonchev–Trinajstić information content (AvgIpc) is 2.79. The highest BCUT2D eigenvalue weighted by molar-refractivity contribution is 5.96. The van der Waals surface area contributed by atoms with E-state index in [9.17, 15) is 4.79 Å². The summed E-state index contributed by atoms with van der Waals surface area (Å²) >= 11 is 0. The van der Waals surface area contributed by atoms with E-state index >= 15 is 0 Å². The Labute approximate surface area is 178 Å². The molecule has 3 aromatic rings. The van der Waals surface area contributed by atoms with E-state index in [2.05, 4.69) is 43.4 Å². The molecule has 4 nitrogen and oxygen atoms in total. The molecule has 0 amide bonds. The topological polar surface area (TPSA) is 47.6 Å². The summed E-state index contributed by atoms with van der Waals surface area (Å²) in [5.74, 6) is 2.08. The third-order valence-electron chi connectivity index (χ3n) is 5.24. The van der Waals surface area contributed by atoms with E-state index in [1.807, 2.05) is 48.5 Å². The lowest BCUT2D eigenvalue weighted by atomic mass is 9.94. The molecule has 1 unspecified atom stereocenters. The first-order valence-electron chi connectivity index (χ1n) is 10.2. The van der Waals surface area contributed by atoms with Gasteiger partial charge in [-0.05, 0) is 65.6 Å². The number of nitrogens with one attached hydrogen (secondary N) is 1. The van der Waals surface area contributed by atoms with Crippen LogP contribution in [-0.2, 0) is 0 Å². The van der Waals surface area contributed by atoms with Crippen molar-refractivity contribution >= 4 is 11.5 Å². The van der Waals surface area contributed by atoms with Crippen LogP contribution >= 0.6 is 0 Å². The first kappa shape index (κ1) is 21.4. The van der Waals surface area contributed by atoms with Crippen molar-refractivity contribution in [2.45, 2.75) is 32.2 Å². The number of ketones is 1. The SMILES string of the molecule is COc1ccc(NC(CC(=O)c2ccc(OC)cc2)c2ccc(C(C)C)cc2)cc1. The van der Waals surface area contributed by atoms with Crippen molar-refractivity contribution in [3.63, 3.8) is 0 Å². The zero-order chi connectivity index (χ0) is 21.5. The highest BCUT2D eigenvalue weighted by Crippen LogP contribution is 2.27. The molecule has 0 aliphatic carbocycles. The van der Waals surface area contributed by atoms with Crippen molar-refractivity contribution < 1.29 is 14.3 Å². The van der Waals surface area contributed by atoms with Crippen molar-refractivity contribution in [3.05, 3.63) is 89.5 Å². The number of carbonyl (C=O) groups excluding carboxylic acids is 1. The van der Waals surface area contributed by atoms with Crippen LogP contribution in [0.2, 0.25) is 0 Å². The van der Waals surface area contributed by atoms with Crippen LogP contribution in [0.4, 0.5) is 5.69 Å². The number of ether oxygens (including phenoxy) is 2. The van der Waals surface area contributed by atoms with E-state index in [1.54, 1.807) is 14.2 Å². The van der Waals surface area contributed by atoms with Gasteiger partial charge in [0.15, 0.2) is 5.78 Å². The first-order valence-corrected chi connectivity index (χ1v) is 10.2. The molecule has 0 aliphatic heterocycles. The maximum absolute atomic E-state index is 13.0. The molecule has 1 N–H and O–H groups in total. The molecule has 0 bridgehead atoms. The van der Waals surface area contributed by atoms with Gasteiger partial charge in [-0.15, -0.1) is 0 Å². The Morgan fingerprint density at radius 2 is 1.27 bits per heavy atom. The van der Waals surface area contributed by atoms with Gasteiger partial charge in [0.2, 0.25) is 0 Å². The zero-order valence-corrected chi connectivity index (χ0v) is 18.0. The maximum atomic E-state index is 13.0. The lowest BCUT2D eigenvalue weighted by Gasteiger charge is -2.21. The number of hydrogen-bond acceptors (Lipinski definition) is 4. The van der Waals surface area contributed by atoms with Gasteiger partial charge in [0.25, 0.3) is 0 Å². The molecule has 0 saturated carbocycles. The van der Waals surface area contributed by atoms with Crippen molar-refractivity contribution in [3.8, 4) is 11.5 Å². The Morgan fingerprint density at radius 1 is 0.767 bits per heavy atom. The summed E-state index contributed by atoms with van der Waals surface area (Å²) in [4.78, 5) is 13.0. The van der Waals surface area contributed by atoms with Crippen molar-refractivity contribution in [1.82, 2.24) is 0 Å². The minimum Gasteiger partial charge on any atom is -0.497 e. The number of benzene rings is 3. The second-order valence-electron chi connectivity index (χ2n) is 7.60. The molecular weight excluding hydrogens is 374 g/mol. The van der Waals surface area contributed by atoms with Crippen LogP contribution in [0.1, 0.15) is 53.7 Å². The molecule has 3 aromatic carbocycles. The standard InChI is InChI=1S/C26H29NO3/c1-18(2)19-5-7-20(8-6-19)25(27-22-11-15-24(30-4)16-12-22)17-26(28)21-9-13-23(29-3)14-10-21/h5-16,18,25,27H,17H2,1-4H3. The molecule has 0 heterocycles. The van der Waals surface area contributed by atoms with Gasteiger partial charge >= 0.3 is 0 Å². The molecule has 0 radical (unpaired) electrons. The minimum atomic E-state index is -0.144. The minimum absolute atomic E-state index is 0.0802. The van der Waals surface area contributed by atoms with Gasteiger partial charge < -0.3 is 14.8 Å². The predicted molar refractivity (Wildman–Crippen MR) is 122 cm³/mol. The van der Waals surface area contributed by atoms with Crippen LogP contribution in [0.3, 0.4) is 0 Å². The molecule has 1 atom stereocenters. The summed E-state index contributed by atoms with van der Waals surface area (Å²) in [6.45, 7) is 4.35. The van der Waals surface area contributed by atoms with Gasteiger partial charge in [-0.2, -0.15) is 0 Å². The van der Waals surface area contributed by atoms with Crippen molar-refractivity contribution in [1.29, 1.82) is 0 Å². The van der Waals surface area contributed by atoms with Gasteiger partial charge in [-0.25, -0.2) is 0 Å². The fraction of sp³-hybridized carbons (Fsp3) is 0.269. The smallest absolute Gasteiger partial charge is 0.165 e. The van der Waals surface area contributed by atoms with E-state index in [-0.39, 0.29) is 11.8 Å². The molecule has 3 rings (SSSR count). The van der Waals surface area contributed by atoms with Gasteiger partial charge in [0, 0.05) is 17.7 Å². The summed E-state index contributed by atoms with van der Waals surface area (Å²) in [5, 5.41) is 3.52. The van der Waals surface area contributed by atoms with Crippen LogP contribution < -0.4 is 14.8 Å². The third kappa shape index (κ3) is 5.41. The van der Waals surface area contributed by atoms with Crippen molar-refractivity contribution in [2.75, 3.05) is 19.5 Å². The van der Waals surface area contributed by atoms with Gasteiger partial charge in [-0.1, -0.05) is 38.1 Å². The number of methoxy groups -OCH3 is 2. The lowest BCUT2D eigenvalue weighted by molar-refractivity contribution is 0.0976. The molecule has 0 fully saturated rings. The molecule has 0 saturated heterocycles. The monoisotopic (exact) mass is 403 g/mol. The molecule has 0 aliphatic rings. The number of anilines is 1. The molecule has 30 heavy (non-hydrogen) atoms. The average molecular weight is 404 g/mol. The molecule has 0 spiro atoms. The summed E-state index contributed by atoms with van der Waals surface area (Å²) in [7, 11) is 3.27. The zero-order valence-electron chi connectivity index (χ0n) is 18.0. The van der Waals surface area contributed by atoms with Crippen molar-refractivity contribution in [2.24, 2.45) is 0 Å². The Bertz CT molecular complexity index is 945. The molecule has 0 aromatic heterocycles. The summed E-state index contributed by atoms with van der Waals surface area (Å²) < 4.78 is 10.4. The maximum Gasteiger partial charge on any atom is 0.165 e. The number of Topliss-reactive ketones (excluding diaryl/α,β-unsaturated/α-hetero) is 1. The number of hydrogen-bond donors (Lipinski definition) is 1. The van der Waals surface area contributed by atoms with Gasteiger partial charge in [0.1, 0.15) is 11.5 Å². The fourth-order valence-corrected chi connectivity index (χ4v) is 3.33. The first-order chi connectivity index (χ1) is 14.5. The highest BCUT2D eigenvalue weighted by atomic mass is 16.5. The second kappa shape index (κ2) is 9.97. The molecule has 4 heteroatoms. The molecule has 156 valence electrons. The Morgan fingerprint density at radius 3 is 1.77 bits per heavy atom. The van der Waals surface area contributed by atoms with E-state index in [0.717, 1.165) is 22.7 Å². The third-order valence-corrected chi connectivity index (χ3v) is 5.24. The Hall–Kier alpha value is -3.27. The lowest BCUT2D eigenvalue weighted by Crippen LogP contribution is -2.16. The Balaban J connectivity index is 1.84. The largest absolute Gasteiger partial charge is 0.497 e. The normalized spacial score (nSPS) is 11.8. The predicted octanol–water partition coefficient (Wildman–Crippen LogP) is 6.25. The Kier molecular flexibility index (Phi) is 7.12. The molecular formula is C26H29NO3. The van der Waals surface area contributed by atoms with Crippen LogP contribution in [0.15, 0.2) is 72.8 Å². The quantitative estimate of drug-likeness (QED) is 0.429.